The van der Waals surface area contributed by atoms with E-state index in [1.165, 1.54) is 19.1 Å². The largest absolute Gasteiger partial charge is 0.427 e. The van der Waals surface area contributed by atoms with Crippen molar-refractivity contribution in [2.24, 2.45) is 0 Å². The van der Waals surface area contributed by atoms with Gasteiger partial charge in [0.05, 0.1) is 0 Å². The van der Waals surface area contributed by atoms with Crippen molar-refractivity contribution in [1.29, 1.82) is 0 Å². The highest BCUT2D eigenvalue weighted by molar-refractivity contribution is 9.10. The fourth-order valence-corrected chi connectivity index (χ4v) is 3.22. The van der Waals surface area contributed by atoms with Crippen LogP contribution in [0.1, 0.15) is 28.4 Å². The molecule has 0 aliphatic heterocycles. The Balaban J connectivity index is 1.52. The topological polar surface area (TPSA) is 84.5 Å². The molecule has 2 N–H and O–H groups in total. The summed E-state index contributed by atoms with van der Waals surface area (Å²) >= 11 is 3.40. The number of benzene rings is 3. The van der Waals surface area contributed by atoms with Gasteiger partial charge in [-0.2, -0.15) is 0 Å². The van der Waals surface area contributed by atoms with E-state index in [0.717, 1.165) is 15.6 Å². The van der Waals surface area contributed by atoms with E-state index < -0.39 is 5.97 Å². The number of amides is 2. The monoisotopic (exact) mass is 492 g/mol. The minimum atomic E-state index is -0.450. The van der Waals surface area contributed by atoms with E-state index in [9.17, 15) is 14.4 Å². The molecule has 0 saturated heterocycles. The van der Waals surface area contributed by atoms with Gasteiger partial charge in [-0.15, -0.1) is 0 Å². The third kappa shape index (κ3) is 7.21. The van der Waals surface area contributed by atoms with Gasteiger partial charge in [-0.25, -0.2) is 0 Å². The van der Waals surface area contributed by atoms with Crippen molar-refractivity contribution >= 4 is 45.5 Å². The Morgan fingerprint density at radius 3 is 2.44 bits per heavy atom. The zero-order valence-electron chi connectivity index (χ0n) is 17.3. The second kappa shape index (κ2) is 11.1. The molecule has 0 spiro atoms. The molecular weight excluding hydrogens is 472 g/mol. The maximum Gasteiger partial charge on any atom is 0.308 e. The molecule has 0 unspecified atom stereocenters. The fourth-order valence-electron chi connectivity index (χ4n) is 2.81. The molecule has 0 fully saturated rings. The van der Waals surface area contributed by atoms with E-state index in [2.05, 4.69) is 26.6 Å². The van der Waals surface area contributed by atoms with E-state index in [-0.39, 0.29) is 11.8 Å². The lowest BCUT2D eigenvalue weighted by Gasteiger charge is -2.08. The van der Waals surface area contributed by atoms with Gasteiger partial charge in [0.2, 0.25) is 5.91 Å². The highest BCUT2D eigenvalue weighted by atomic mass is 79.9. The number of carbonyl (C=O) groups excluding carboxylic acids is 3. The first-order valence-corrected chi connectivity index (χ1v) is 10.6. The molecule has 0 bridgehead atoms. The molecule has 0 atom stereocenters. The van der Waals surface area contributed by atoms with Crippen LogP contribution in [0, 0.1) is 0 Å². The molecule has 0 aliphatic rings. The lowest BCUT2D eigenvalue weighted by Crippen LogP contribution is -2.20. The standard InChI is InChI=1S/C25H21BrN2O4/c1-17(29)32-23-7-3-5-20(15-23)25(31)28-22-11-8-19(9-12-22)16-27-24(30)13-10-18-4-2-6-21(26)14-18/h2-15H,16H2,1H3,(H,27,30)(H,28,31)/b13-10+. The van der Waals surface area contributed by atoms with Gasteiger partial charge in [-0.3, -0.25) is 14.4 Å². The zero-order chi connectivity index (χ0) is 22.9. The molecule has 0 heterocycles. The number of hydrogen-bond acceptors (Lipinski definition) is 4. The molecule has 7 heteroatoms. The van der Waals surface area contributed by atoms with Crippen LogP contribution < -0.4 is 15.4 Å². The fraction of sp³-hybridized carbons (Fsp3) is 0.0800. The highest BCUT2D eigenvalue weighted by Crippen LogP contribution is 2.16. The van der Waals surface area contributed by atoms with Crippen molar-refractivity contribution in [2.45, 2.75) is 13.5 Å². The number of anilines is 1. The average molecular weight is 493 g/mol. The molecule has 0 radical (unpaired) electrons. The van der Waals surface area contributed by atoms with Gasteiger partial charge in [0.15, 0.2) is 0 Å². The lowest BCUT2D eigenvalue weighted by molar-refractivity contribution is -0.131. The van der Waals surface area contributed by atoms with Crippen LogP contribution in [-0.4, -0.2) is 17.8 Å². The maximum atomic E-state index is 12.4. The second-order valence-corrected chi connectivity index (χ2v) is 7.79. The molecule has 32 heavy (non-hydrogen) atoms. The van der Waals surface area contributed by atoms with Crippen molar-refractivity contribution in [3.05, 3.63) is 100 Å². The first-order valence-electron chi connectivity index (χ1n) is 9.79. The van der Waals surface area contributed by atoms with Crippen LogP contribution in [0.4, 0.5) is 5.69 Å². The van der Waals surface area contributed by atoms with Crippen LogP contribution in [0.2, 0.25) is 0 Å². The van der Waals surface area contributed by atoms with E-state index in [0.29, 0.717) is 23.5 Å². The van der Waals surface area contributed by atoms with E-state index in [1.807, 2.05) is 36.4 Å². The average Bonchev–Trinajstić information content (AvgIpc) is 2.77. The molecule has 2 amide bonds. The first kappa shape index (κ1) is 23.0. The van der Waals surface area contributed by atoms with Crippen LogP contribution in [-0.2, 0) is 16.1 Å². The Bertz CT molecular complexity index is 1160. The normalized spacial score (nSPS) is 10.6. The predicted molar refractivity (Wildman–Crippen MR) is 127 cm³/mol. The summed E-state index contributed by atoms with van der Waals surface area (Å²) in [7, 11) is 0. The summed E-state index contributed by atoms with van der Waals surface area (Å²) in [6.45, 7) is 1.66. The van der Waals surface area contributed by atoms with Crippen molar-refractivity contribution in [1.82, 2.24) is 5.32 Å². The van der Waals surface area contributed by atoms with Gasteiger partial charge in [-0.05, 0) is 59.7 Å². The quantitative estimate of drug-likeness (QED) is 0.277. The van der Waals surface area contributed by atoms with Crippen LogP contribution in [0.3, 0.4) is 0 Å². The smallest absolute Gasteiger partial charge is 0.308 e. The predicted octanol–water partition coefficient (Wildman–Crippen LogP) is 4.96. The minimum absolute atomic E-state index is 0.199. The third-order valence-corrected chi connectivity index (χ3v) is 4.81. The molecule has 0 aliphatic carbocycles. The molecule has 162 valence electrons. The van der Waals surface area contributed by atoms with E-state index >= 15 is 0 Å². The van der Waals surface area contributed by atoms with Gasteiger partial charge >= 0.3 is 5.97 Å². The minimum Gasteiger partial charge on any atom is -0.427 e. The molecule has 3 rings (SSSR count). The third-order valence-electron chi connectivity index (χ3n) is 4.31. The van der Waals surface area contributed by atoms with Gasteiger partial charge in [-0.1, -0.05) is 46.3 Å². The van der Waals surface area contributed by atoms with E-state index in [1.54, 1.807) is 36.4 Å². The molecule has 3 aromatic rings. The van der Waals surface area contributed by atoms with Crippen LogP contribution in [0.5, 0.6) is 5.75 Å². The van der Waals surface area contributed by atoms with Gasteiger partial charge in [0.25, 0.3) is 5.91 Å². The number of esters is 1. The number of halogens is 1. The Morgan fingerprint density at radius 2 is 1.72 bits per heavy atom. The molecule has 0 saturated carbocycles. The van der Waals surface area contributed by atoms with Gasteiger partial charge in [0, 0.05) is 35.3 Å². The SMILES string of the molecule is CC(=O)Oc1cccc(C(=O)Nc2ccc(CNC(=O)/C=C/c3cccc(Br)c3)cc2)c1. The number of carbonyl (C=O) groups is 3. The van der Waals surface area contributed by atoms with E-state index in [4.69, 9.17) is 4.74 Å². The van der Waals surface area contributed by atoms with Crippen LogP contribution >= 0.6 is 15.9 Å². The molecule has 0 aromatic heterocycles. The number of ether oxygens (including phenoxy) is 1. The molecule has 3 aromatic carbocycles. The highest BCUT2D eigenvalue weighted by Gasteiger charge is 2.08. The summed E-state index contributed by atoms with van der Waals surface area (Å²) in [6, 6.07) is 21.2. The number of hydrogen-bond donors (Lipinski definition) is 2. The van der Waals surface area contributed by atoms with Gasteiger partial charge < -0.3 is 15.4 Å². The van der Waals surface area contributed by atoms with Crippen LogP contribution in [0.15, 0.2) is 83.3 Å². The van der Waals surface area contributed by atoms with Crippen molar-refractivity contribution in [2.75, 3.05) is 5.32 Å². The van der Waals surface area contributed by atoms with Gasteiger partial charge in [0.1, 0.15) is 5.75 Å². The number of nitrogens with one attached hydrogen (secondary N) is 2. The summed E-state index contributed by atoms with van der Waals surface area (Å²) < 4.78 is 5.95. The van der Waals surface area contributed by atoms with Crippen molar-refractivity contribution in [3.63, 3.8) is 0 Å². The Morgan fingerprint density at radius 1 is 0.969 bits per heavy atom. The summed E-state index contributed by atoms with van der Waals surface area (Å²) in [5, 5.41) is 5.62. The Labute approximate surface area is 194 Å². The Hall–Kier alpha value is -3.71. The maximum absolute atomic E-state index is 12.4. The first-order chi connectivity index (χ1) is 15.4. The summed E-state index contributed by atoms with van der Waals surface area (Å²) in [6.07, 6.45) is 3.23. The lowest BCUT2D eigenvalue weighted by atomic mass is 10.1. The Kier molecular flexibility index (Phi) is 7.94. The second-order valence-electron chi connectivity index (χ2n) is 6.88. The molecular formula is C25H21BrN2O4. The summed E-state index contributed by atoms with van der Waals surface area (Å²) in [5.74, 6) is -0.660. The summed E-state index contributed by atoms with van der Waals surface area (Å²) in [5.41, 5.74) is 2.80. The summed E-state index contributed by atoms with van der Waals surface area (Å²) in [4.78, 5) is 35.6. The van der Waals surface area contributed by atoms with Crippen molar-refractivity contribution < 1.29 is 19.1 Å². The van der Waals surface area contributed by atoms with Crippen molar-refractivity contribution in [3.8, 4) is 5.75 Å². The zero-order valence-corrected chi connectivity index (χ0v) is 18.9. The van der Waals surface area contributed by atoms with Crippen LogP contribution in [0.25, 0.3) is 6.08 Å². The molecule has 6 nitrogen and oxygen atoms in total. The number of rotatable bonds is 7.